The normalized spacial score (nSPS) is 15.8. The molecular formula is C25H29ClN6O4S. The summed E-state index contributed by atoms with van der Waals surface area (Å²) in [6.45, 7) is 5.47. The molecule has 12 heteroatoms. The fourth-order valence-electron chi connectivity index (χ4n) is 4.74. The number of hydrogen-bond donors (Lipinski definition) is 2. The molecule has 2 amide bonds. The Balaban J connectivity index is 1.52. The molecule has 2 aromatic carbocycles. The van der Waals surface area contributed by atoms with Crippen LogP contribution in [-0.2, 0) is 4.79 Å². The number of rotatable bonds is 5. The smallest absolute Gasteiger partial charge is 0.270 e. The minimum Gasteiger partial charge on any atom is -0.371 e. The zero-order valence-electron chi connectivity index (χ0n) is 20.5. The van der Waals surface area contributed by atoms with Gasteiger partial charge in [-0.25, -0.2) is 0 Å². The molecule has 196 valence electrons. The van der Waals surface area contributed by atoms with Crippen molar-refractivity contribution >= 4 is 63.5 Å². The molecule has 0 aromatic heterocycles. The maximum atomic E-state index is 13.3. The standard InChI is InChI=1S/C25H29ClN6O4S/c1-17(33)29-12-14-31(15-13-29)23-20(26)6-5-7-21(23)27-25(37)28-24(34)19-16-18(32(35)36)8-9-22(19)30-10-3-2-4-11-30/h5-9,16H,2-4,10-15H2,1H3,(H2,27,28,34,37). The van der Waals surface area contributed by atoms with Gasteiger partial charge in [0, 0.05) is 58.3 Å². The Morgan fingerprint density at radius 2 is 1.70 bits per heavy atom. The monoisotopic (exact) mass is 544 g/mol. The van der Waals surface area contributed by atoms with Crippen molar-refractivity contribution < 1.29 is 14.5 Å². The van der Waals surface area contributed by atoms with Crippen molar-refractivity contribution in [1.82, 2.24) is 10.2 Å². The highest BCUT2D eigenvalue weighted by molar-refractivity contribution is 7.80. The number of halogens is 1. The van der Waals surface area contributed by atoms with Crippen LogP contribution in [0.1, 0.15) is 36.5 Å². The Morgan fingerprint density at radius 1 is 1.00 bits per heavy atom. The van der Waals surface area contributed by atoms with Crippen LogP contribution in [0.5, 0.6) is 0 Å². The molecule has 0 spiro atoms. The summed E-state index contributed by atoms with van der Waals surface area (Å²) < 4.78 is 0. The molecule has 10 nitrogen and oxygen atoms in total. The minimum absolute atomic E-state index is 0.0334. The van der Waals surface area contributed by atoms with E-state index in [1.165, 1.54) is 12.1 Å². The van der Waals surface area contributed by atoms with E-state index < -0.39 is 10.8 Å². The predicted octanol–water partition coefficient (Wildman–Crippen LogP) is 4.03. The summed E-state index contributed by atoms with van der Waals surface area (Å²) in [5, 5.41) is 17.7. The summed E-state index contributed by atoms with van der Waals surface area (Å²) in [4.78, 5) is 41.8. The highest BCUT2D eigenvalue weighted by atomic mass is 35.5. The molecule has 0 atom stereocenters. The molecule has 2 heterocycles. The average Bonchev–Trinajstić information content (AvgIpc) is 2.89. The number of para-hydroxylation sites is 1. The van der Waals surface area contributed by atoms with E-state index in [9.17, 15) is 19.7 Å². The number of thiocarbonyl (C=S) groups is 1. The number of anilines is 3. The average molecular weight is 545 g/mol. The second-order valence-corrected chi connectivity index (χ2v) is 9.86. The van der Waals surface area contributed by atoms with Gasteiger partial charge in [-0.1, -0.05) is 17.7 Å². The van der Waals surface area contributed by atoms with Gasteiger partial charge in [-0.15, -0.1) is 0 Å². The molecule has 2 aliphatic rings. The van der Waals surface area contributed by atoms with Gasteiger partial charge in [0.2, 0.25) is 5.91 Å². The van der Waals surface area contributed by atoms with Gasteiger partial charge < -0.3 is 20.0 Å². The van der Waals surface area contributed by atoms with Crippen molar-refractivity contribution in [3.63, 3.8) is 0 Å². The van der Waals surface area contributed by atoms with Gasteiger partial charge >= 0.3 is 0 Å². The number of carbonyl (C=O) groups is 2. The van der Waals surface area contributed by atoms with Gasteiger partial charge in [0.1, 0.15) is 0 Å². The topological polar surface area (TPSA) is 111 Å². The van der Waals surface area contributed by atoms with E-state index in [4.69, 9.17) is 23.8 Å². The van der Waals surface area contributed by atoms with Crippen molar-refractivity contribution in [2.75, 3.05) is 54.4 Å². The van der Waals surface area contributed by atoms with E-state index in [0.29, 0.717) is 42.6 Å². The van der Waals surface area contributed by atoms with Crippen LogP contribution in [0.4, 0.5) is 22.7 Å². The maximum absolute atomic E-state index is 13.3. The number of piperazine rings is 1. The number of non-ortho nitro benzene ring substituents is 1. The Kier molecular flexibility index (Phi) is 8.45. The molecule has 2 saturated heterocycles. The third-order valence-electron chi connectivity index (χ3n) is 6.64. The molecule has 2 N–H and O–H groups in total. The fraction of sp³-hybridized carbons (Fsp3) is 0.400. The van der Waals surface area contributed by atoms with Crippen LogP contribution in [0.25, 0.3) is 0 Å². The number of hydrogen-bond acceptors (Lipinski definition) is 7. The van der Waals surface area contributed by atoms with Crippen LogP contribution in [-0.4, -0.2) is 66.0 Å². The summed E-state index contributed by atoms with van der Waals surface area (Å²) in [5.41, 5.74) is 2.04. The van der Waals surface area contributed by atoms with Gasteiger partial charge in [-0.2, -0.15) is 0 Å². The van der Waals surface area contributed by atoms with Crippen LogP contribution in [0, 0.1) is 10.1 Å². The highest BCUT2D eigenvalue weighted by Crippen LogP contribution is 2.35. The number of nitrogens with zero attached hydrogens (tertiary/aromatic N) is 4. The number of nitrogens with one attached hydrogen (secondary N) is 2. The molecule has 0 saturated carbocycles. The molecule has 0 aliphatic carbocycles. The van der Waals surface area contributed by atoms with Crippen LogP contribution in [0.15, 0.2) is 36.4 Å². The lowest BCUT2D eigenvalue weighted by atomic mass is 10.1. The van der Waals surface area contributed by atoms with E-state index in [-0.39, 0.29) is 22.3 Å². The van der Waals surface area contributed by atoms with Crippen molar-refractivity contribution in [3.05, 3.63) is 57.1 Å². The molecule has 2 aromatic rings. The number of piperidine rings is 1. The molecule has 4 rings (SSSR count). The first-order valence-corrected chi connectivity index (χ1v) is 13.0. The Hall–Kier alpha value is -3.44. The second-order valence-electron chi connectivity index (χ2n) is 9.04. The van der Waals surface area contributed by atoms with E-state index in [1.807, 2.05) is 6.07 Å². The summed E-state index contributed by atoms with van der Waals surface area (Å²) >= 11 is 12.0. The molecule has 2 fully saturated rings. The Labute approximate surface area is 225 Å². The van der Waals surface area contributed by atoms with Crippen LogP contribution in [0.3, 0.4) is 0 Å². The van der Waals surface area contributed by atoms with Crippen LogP contribution < -0.4 is 20.4 Å². The molecule has 0 radical (unpaired) electrons. The third kappa shape index (κ3) is 6.28. The maximum Gasteiger partial charge on any atom is 0.270 e. The number of nitro benzene ring substituents is 1. The molecule has 0 unspecified atom stereocenters. The van der Waals surface area contributed by atoms with E-state index >= 15 is 0 Å². The Bertz CT molecular complexity index is 1210. The number of nitro groups is 1. The summed E-state index contributed by atoms with van der Waals surface area (Å²) in [6, 6.07) is 9.70. The SMILES string of the molecule is CC(=O)N1CCN(c2c(Cl)cccc2NC(=S)NC(=O)c2cc([N+](=O)[O-])ccc2N2CCCCC2)CC1. The van der Waals surface area contributed by atoms with Crippen molar-refractivity contribution in [2.24, 2.45) is 0 Å². The predicted molar refractivity (Wildman–Crippen MR) is 149 cm³/mol. The molecule has 2 aliphatic heterocycles. The third-order valence-corrected chi connectivity index (χ3v) is 7.14. The fourth-order valence-corrected chi connectivity index (χ4v) is 5.23. The Morgan fingerprint density at radius 3 is 2.35 bits per heavy atom. The number of carbonyl (C=O) groups excluding carboxylic acids is 2. The van der Waals surface area contributed by atoms with Gasteiger partial charge in [0.25, 0.3) is 11.6 Å². The van der Waals surface area contributed by atoms with E-state index in [2.05, 4.69) is 20.4 Å². The molecular weight excluding hydrogens is 516 g/mol. The van der Waals surface area contributed by atoms with E-state index in [1.54, 1.807) is 30.0 Å². The first-order valence-electron chi connectivity index (χ1n) is 12.2. The van der Waals surface area contributed by atoms with Gasteiger partial charge in [-0.05, 0) is 49.7 Å². The first kappa shape index (κ1) is 26.6. The van der Waals surface area contributed by atoms with E-state index in [0.717, 1.165) is 38.0 Å². The van der Waals surface area contributed by atoms with Gasteiger partial charge in [-0.3, -0.25) is 25.0 Å². The number of amides is 2. The van der Waals surface area contributed by atoms with Gasteiger partial charge in [0.05, 0.1) is 32.6 Å². The summed E-state index contributed by atoms with van der Waals surface area (Å²) in [5.74, 6) is -0.494. The molecule has 0 bridgehead atoms. The summed E-state index contributed by atoms with van der Waals surface area (Å²) in [7, 11) is 0. The zero-order chi connectivity index (χ0) is 26.5. The second kappa shape index (κ2) is 11.7. The lowest BCUT2D eigenvalue weighted by Gasteiger charge is -2.37. The quantitative estimate of drug-likeness (QED) is 0.330. The van der Waals surface area contributed by atoms with Crippen LogP contribution in [0.2, 0.25) is 5.02 Å². The zero-order valence-corrected chi connectivity index (χ0v) is 22.1. The number of benzene rings is 2. The van der Waals surface area contributed by atoms with Crippen molar-refractivity contribution in [2.45, 2.75) is 26.2 Å². The highest BCUT2D eigenvalue weighted by Gasteiger charge is 2.25. The lowest BCUT2D eigenvalue weighted by Crippen LogP contribution is -2.48. The first-order chi connectivity index (χ1) is 17.7. The van der Waals surface area contributed by atoms with Crippen molar-refractivity contribution in [3.8, 4) is 0 Å². The van der Waals surface area contributed by atoms with Crippen molar-refractivity contribution in [1.29, 1.82) is 0 Å². The molecule has 37 heavy (non-hydrogen) atoms. The van der Waals surface area contributed by atoms with Gasteiger partial charge in [0.15, 0.2) is 5.11 Å². The lowest BCUT2D eigenvalue weighted by molar-refractivity contribution is -0.384. The minimum atomic E-state index is -0.527. The largest absolute Gasteiger partial charge is 0.371 e. The summed E-state index contributed by atoms with van der Waals surface area (Å²) in [6.07, 6.45) is 3.11. The van der Waals surface area contributed by atoms with Crippen LogP contribution >= 0.6 is 23.8 Å².